The van der Waals surface area contributed by atoms with Crippen LogP contribution in [0, 0.1) is 20.8 Å². The molecule has 5 heteroatoms. The van der Waals surface area contributed by atoms with E-state index in [1.54, 1.807) is 19.1 Å². The van der Waals surface area contributed by atoms with Crippen LogP contribution in [-0.4, -0.2) is 11.1 Å². The van der Waals surface area contributed by atoms with Gasteiger partial charge in [-0.15, -0.1) is 0 Å². The SMILES string of the molecule is Cc1ccc(C(=O)OCc2cc(=O)oc3c(C)c(O)ccc23)c(C)c1. The smallest absolute Gasteiger partial charge is 0.338 e. The van der Waals surface area contributed by atoms with E-state index in [0.29, 0.717) is 27.7 Å². The molecule has 0 unspecified atom stereocenters. The largest absolute Gasteiger partial charge is 0.508 e. The Kier molecular flexibility index (Phi) is 4.31. The van der Waals surface area contributed by atoms with Crippen molar-refractivity contribution in [3.63, 3.8) is 0 Å². The van der Waals surface area contributed by atoms with Gasteiger partial charge in [0.25, 0.3) is 0 Å². The zero-order valence-corrected chi connectivity index (χ0v) is 14.3. The first-order valence-electron chi connectivity index (χ1n) is 7.86. The number of esters is 1. The van der Waals surface area contributed by atoms with Crippen molar-refractivity contribution in [2.45, 2.75) is 27.4 Å². The summed E-state index contributed by atoms with van der Waals surface area (Å²) in [4.78, 5) is 24.1. The molecule has 0 radical (unpaired) electrons. The molecule has 0 spiro atoms. The Morgan fingerprint density at radius 3 is 2.60 bits per heavy atom. The third-order valence-electron chi connectivity index (χ3n) is 4.18. The Balaban J connectivity index is 1.92. The summed E-state index contributed by atoms with van der Waals surface area (Å²) in [5.41, 5.74) is 3.14. The number of hydrogen-bond acceptors (Lipinski definition) is 5. The lowest BCUT2D eigenvalue weighted by molar-refractivity contribution is 0.0473. The molecule has 0 atom stereocenters. The van der Waals surface area contributed by atoms with Gasteiger partial charge >= 0.3 is 11.6 Å². The average Bonchev–Trinajstić information content (AvgIpc) is 2.56. The van der Waals surface area contributed by atoms with Crippen molar-refractivity contribution in [2.75, 3.05) is 0 Å². The minimum atomic E-state index is -0.557. The molecule has 0 aliphatic carbocycles. The van der Waals surface area contributed by atoms with Crippen molar-refractivity contribution < 1.29 is 19.1 Å². The molecule has 25 heavy (non-hydrogen) atoms. The maximum Gasteiger partial charge on any atom is 0.338 e. The minimum Gasteiger partial charge on any atom is -0.508 e. The highest BCUT2D eigenvalue weighted by molar-refractivity contribution is 5.91. The zero-order chi connectivity index (χ0) is 18.1. The number of carbonyl (C=O) groups is 1. The summed E-state index contributed by atoms with van der Waals surface area (Å²) >= 11 is 0. The highest BCUT2D eigenvalue weighted by atomic mass is 16.5. The molecule has 0 fully saturated rings. The third-order valence-corrected chi connectivity index (χ3v) is 4.18. The van der Waals surface area contributed by atoms with Crippen LogP contribution >= 0.6 is 0 Å². The van der Waals surface area contributed by atoms with Gasteiger partial charge in [0.2, 0.25) is 0 Å². The summed E-state index contributed by atoms with van der Waals surface area (Å²) in [5.74, 6) is -0.408. The average molecular weight is 338 g/mol. The van der Waals surface area contributed by atoms with Crippen LogP contribution in [0.3, 0.4) is 0 Å². The van der Waals surface area contributed by atoms with Gasteiger partial charge in [-0.1, -0.05) is 17.7 Å². The summed E-state index contributed by atoms with van der Waals surface area (Å²) in [6.45, 7) is 5.40. The van der Waals surface area contributed by atoms with Gasteiger partial charge in [-0.2, -0.15) is 0 Å². The predicted molar refractivity (Wildman–Crippen MR) is 93.9 cm³/mol. The molecular formula is C20H18O5. The Morgan fingerprint density at radius 2 is 1.88 bits per heavy atom. The molecule has 3 rings (SSSR count). The number of benzene rings is 2. The molecule has 5 nitrogen and oxygen atoms in total. The van der Waals surface area contributed by atoms with Crippen molar-refractivity contribution in [1.82, 2.24) is 0 Å². The number of aryl methyl sites for hydroxylation is 3. The van der Waals surface area contributed by atoms with Crippen LogP contribution in [0.25, 0.3) is 11.0 Å². The van der Waals surface area contributed by atoms with E-state index in [4.69, 9.17) is 9.15 Å². The minimum absolute atomic E-state index is 0.0417. The first kappa shape index (κ1) is 16.8. The van der Waals surface area contributed by atoms with Crippen LogP contribution < -0.4 is 5.63 Å². The molecule has 3 aromatic rings. The quantitative estimate of drug-likeness (QED) is 0.581. The summed E-state index contributed by atoms with van der Waals surface area (Å²) in [5, 5.41) is 10.4. The third kappa shape index (κ3) is 3.26. The summed E-state index contributed by atoms with van der Waals surface area (Å²) in [6, 6.07) is 9.95. The number of phenolic OH excluding ortho intramolecular Hbond substituents is 1. The highest BCUT2D eigenvalue weighted by Crippen LogP contribution is 2.27. The number of fused-ring (bicyclic) bond motifs is 1. The van der Waals surface area contributed by atoms with Crippen molar-refractivity contribution in [2.24, 2.45) is 0 Å². The van der Waals surface area contributed by atoms with Gasteiger partial charge < -0.3 is 14.3 Å². The van der Waals surface area contributed by atoms with Gasteiger partial charge in [-0.25, -0.2) is 9.59 Å². The molecule has 1 aromatic heterocycles. The monoisotopic (exact) mass is 338 g/mol. The molecule has 2 aromatic carbocycles. The normalized spacial score (nSPS) is 10.8. The van der Waals surface area contributed by atoms with Crippen molar-refractivity contribution >= 4 is 16.9 Å². The number of ether oxygens (including phenoxy) is 1. The van der Waals surface area contributed by atoms with Crippen LogP contribution in [0.5, 0.6) is 5.75 Å². The summed E-state index contributed by atoms with van der Waals surface area (Å²) < 4.78 is 10.6. The van der Waals surface area contributed by atoms with Crippen LogP contribution in [0.2, 0.25) is 0 Å². The molecule has 0 amide bonds. The van der Waals surface area contributed by atoms with E-state index in [9.17, 15) is 14.7 Å². The van der Waals surface area contributed by atoms with Crippen LogP contribution in [0.15, 0.2) is 45.6 Å². The van der Waals surface area contributed by atoms with Gasteiger partial charge in [-0.05, 0) is 44.5 Å². The molecule has 128 valence electrons. The maximum atomic E-state index is 12.3. The van der Waals surface area contributed by atoms with Gasteiger partial charge in [0.1, 0.15) is 17.9 Å². The van der Waals surface area contributed by atoms with E-state index < -0.39 is 11.6 Å². The first-order chi connectivity index (χ1) is 11.9. The van der Waals surface area contributed by atoms with Crippen LogP contribution in [0.1, 0.15) is 32.6 Å². The van der Waals surface area contributed by atoms with Crippen molar-refractivity contribution in [3.05, 3.63) is 74.6 Å². The van der Waals surface area contributed by atoms with E-state index in [-0.39, 0.29) is 12.4 Å². The Morgan fingerprint density at radius 1 is 1.12 bits per heavy atom. The number of aromatic hydroxyl groups is 1. The fourth-order valence-electron chi connectivity index (χ4n) is 2.80. The van der Waals surface area contributed by atoms with Crippen molar-refractivity contribution in [1.29, 1.82) is 0 Å². The molecule has 0 aliphatic heterocycles. The van der Waals surface area contributed by atoms with Crippen molar-refractivity contribution in [3.8, 4) is 5.75 Å². The molecule has 1 N–H and O–H groups in total. The molecule has 0 bridgehead atoms. The van der Waals surface area contributed by atoms with E-state index in [2.05, 4.69) is 0 Å². The van der Waals surface area contributed by atoms with Gasteiger partial charge in [-0.3, -0.25) is 0 Å². The molecule has 0 saturated carbocycles. The number of phenols is 1. The standard InChI is InChI=1S/C20H18O5/c1-11-4-5-15(12(2)8-11)20(23)24-10-14-9-18(22)25-19-13(3)17(21)7-6-16(14)19/h4-9,21H,10H2,1-3H3. The van der Waals surface area contributed by atoms with E-state index in [0.717, 1.165) is 11.1 Å². The predicted octanol–water partition coefficient (Wildman–Crippen LogP) is 3.78. The second-order valence-electron chi connectivity index (χ2n) is 6.07. The summed E-state index contributed by atoms with van der Waals surface area (Å²) in [6.07, 6.45) is 0. The maximum absolute atomic E-state index is 12.3. The lowest BCUT2D eigenvalue weighted by Gasteiger charge is -2.10. The zero-order valence-electron chi connectivity index (χ0n) is 14.3. The molecule has 0 aliphatic rings. The molecule has 0 saturated heterocycles. The Labute approximate surface area is 144 Å². The first-order valence-corrected chi connectivity index (χ1v) is 7.86. The van der Waals surface area contributed by atoms with E-state index in [1.165, 1.54) is 12.1 Å². The topological polar surface area (TPSA) is 76.7 Å². The Hall–Kier alpha value is -3.08. The van der Waals surface area contributed by atoms with Gasteiger partial charge in [0, 0.05) is 22.6 Å². The van der Waals surface area contributed by atoms with E-state index in [1.807, 2.05) is 26.0 Å². The number of hydrogen-bond donors (Lipinski definition) is 1. The van der Waals surface area contributed by atoms with Gasteiger partial charge in [0.15, 0.2) is 0 Å². The second kappa shape index (κ2) is 6.43. The van der Waals surface area contributed by atoms with Crippen LogP contribution in [0.4, 0.5) is 0 Å². The van der Waals surface area contributed by atoms with Gasteiger partial charge in [0.05, 0.1) is 5.56 Å². The lowest BCUT2D eigenvalue weighted by atomic mass is 10.1. The Bertz CT molecular complexity index is 1030. The van der Waals surface area contributed by atoms with Crippen LogP contribution in [-0.2, 0) is 11.3 Å². The second-order valence-corrected chi connectivity index (χ2v) is 6.07. The number of rotatable bonds is 3. The molecular weight excluding hydrogens is 320 g/mol. The fourth-order valence-corrected chi connectivity index (χ4v) is 2.80. The molecule has 1 heterocycles. The van der Waals surface area contributed by atoms with E-state index >= 15 is 0 Å². The summed E-state index contributed by atoms with van der Waals surface area (Å²) in [7, 11) is 0. The highest BCUT2D eigenvalue weighted by Gasteiger charge is 2.14. The fraction of sp³-hybridized carbons (Fsp3) is 0.200. The lowest BCUT2D eigenvalue weighted by Crippen LogP contribution is -2.09. The number of carbonyl (C=O) groups excluding carboxylic acids is 1.